The summed E-state index contributed by atoms with van der Waals surface area (Å²) >= 11 is 0. The van der Waals surface area contributed by atoms with Crippen LogP contribution in [0.5, 0.6) is 5.75 Å². The van der Waals surface area contributed by atoms with Gasteiger partial charge in [0.05, 0.1) is 11.1 Å². The van der Waals surface area contributed by atoms with Crippen LogP contribution in [0.15, 0.2) is 94.9 Å². The van der Waals surface area contributed by atoms with E-state index >= 15 is 0 Å². The summed E-state index contributed by atoms with van der Waals surface area (Å²) in [5.41, 5.74) is 2.50. The number of benzene rings is 3. The number of esters is 1. The molecule has 0 aliphatic heterocycles. The molecule has 0 unspecified atom stereocenters. The van der Waals surface area contributed by atoms with Crippen molar-refractivity contribution in [1.29, 1.82) is 0 Å². The molecule has 0 aromatic heterocycles. The van der Waals surface area contributed by atoms with Crippen molar-refractivity contribution in [2.24, 2.45) is 5.10 Å². The van der Waals surface area contributed by atoms with Crippen molar-refractivity contribution in [2.45, 2.75) is 11.8 Å². The molecule has 3 aromatic carbocycles. The quantitative estimate of drug-likeness (QED) is 0.206. The van der Waals surface area contributed by atoms with Gasteiger partial charge in [0.15, 0.2) is 0 Å². The molecule has 6 nitrogen and oxygen atoms in total. The van der Waals surface area contributed by atoms with Crippen molar-refractivity contribution < 1.29 is 17.9 Å². The van der Waals surface area contributed by atoms with Crippen LogP contribution in [0.1, 0.15) is 16.7 Å². The lowest BCUT2D eigenvalue weighted by Gasteiger charge is -2.04. The van der Waals surface area contributed by atoms with E-state index in [1.54, 1.807) is 42.5 Å². The topological polar surface area (TPSA) is 84.8 Å². The number of hydrazone groups is 1. The van der Waals surface area contributed by atoms with Gasteiger partial charge in [-0.15, -0.1) is 0 Å². The zero-order chi connectivity index (χ0) is 21.4. The lowest BCUT2D eigenvalue weighted by Crippen LogP contribution is -2.18. The third-order valence-electron chi connectivity index (χ3n) is 4.03. The van der Waals surface area contributed by atoms with Crippen LogP contribution >= 0.6 is 0 Å². The van der Waals surface area contributed by atoms with Gasteiger partial charge < -0.3 is 4.74 Å². The molecule has 0 amide bonds. The minimum absolute atomic E-state index is 0.135. The molecule has 0 heterocycles. The summed E-state index contributed by atoms with van der Waals surface area (Å²) < 4.78 is 29.6. The monoisotopic (exact) mass is 420 g/mol. The summed E-state index contributed by atoms with van der Waals surface area (Å²) in [5.74, 6) is -0.124. The van der Waals surface area contributed by atoms with Crippen molar-refractivity contribution in [1.82, 2.24) is 4.83 Å². The zero-order valence-electron chi connectivity index (χ0n) is 16.2. The Bertz CT molecular complexity index is 1150. The molecule has 30 heavy (non-hydrogen) atoms. The van der Waals surface area contributed by atoms with Gasteiger partial charge in [0.2, 0.25) is 0 Å². The Balaban J connectivity index is 1.55. The third kappa shape index (κ3) is 6.15. The van der Waals surface area contributed by atoms with E-state index in [9.17, 15) is 13.2 Å². The number of sulfonamides is 1. The Morgan fingerprint density at radius 2 is 1.57 bits per heavy atom. The summed E-state index contributed by atoms with van der Waals surface area (Å²) in [5, 5.41) is 3.78. The van der Waals surface area contributed by atoms with E-state index in [4.69, 9.17) is 4.74 Å². The van der Waals surface area contributed by atoms with E-state index in [0.717, 1.165) is 11.1 Å². The van der Waals surface area contributed by atoms with Crippen LogP contribution in [-0.4, -0.2) is 20.6 Å². The summed E-state index contributed by atoms with van der Waals surface area (Å²) in [6.07, 6.45) is 4.39. The van der Waals surface area contributed by atoms with E-state index in [1.807, 2.05) is 37.3 Å². The Hall–Kier alpha value is -3.71. The lowest BCUT2D eigenvalue weighted by atomic mass is 10.2. The van der Waals surface area contributed by atoms with Gasteiger partial charge in [-0.2, -0.15) is 13.5 Å². The molecule has 0 saturated heterocycles. The van der Waals surface area contributed by atoms with Gasteiger partial charge in [-0.25, -0.2) is 9.63 Å². The predicted octanol–water partition coefficient (Wildman–Crippen LogP) is 3.93. The summed E-state index contributed by atoms with van der Waals surface area (Å²) in [6.45, 7) is 1.88. The lowest BCUT2D eigenvalue weighted by molar-refractivity contribution is -0.128. The molecular formula is C23H20N2O4S. The molecule has 0 aliphatic rings. The van der Waals surface area contributed by atoms with E-state index < -0.39 is 16.0 Å². The highest BCUT2D eigenvalue weighted by Gasteiger charge is 2.11. The Kier molecular flexibility index (Phi) is 6.77. The SMILES string of the molecule is Cc1ccc(S(=O)(=O)N/N=C/c2ccc(OC(=O)/C=C/c3ccccc3)cc2)cc1. The maximum absolute atomic E-state index is 12.2. The van der Waals surface area contributed by atoms with E-state index in [2.05, 4.69) is 9.93 Å². The Morgan fingerprint density at radius 3 is 2.23 bits per heavy atom. The van der Waals surface area contributed by atoms with Gasteiger partial charge in [0.25, 0.3) is 10.0 Å². The average molecular weight is 420 g/mol. The van der Waals surface area contributed by atoms with Gasteiger partial charge in [-0.05, 0) is 60.5 Å². The van der Waals surface area contributed by atoms with Crippen LogP contribution in [0.4, 0.5) is 0 Å². The molecule has 1 N–H and O–H groups in total. The van der Waals surface area contributed by atoms with Crippen molar-refractivity contribution in [3.63, 3.8) is 0 Å². The fraction of sp³-hybridized carbons (Fsp3) is 0.0435. The van der Waals surface area contributed by atoms with Crippen molar-refractivity contribution in [3.8, 4) is 5.75 Å². The summed E-state index contributed by atoms with van der Waals surface area (Å²) in [4.78, 5) is 14.2. The van der Waals surface area contributed by atoms with Crippen LogP contribution in [0.25, 0.3) is 6.08 Å². The first-order valence-electron chi connectivity index (χ1n) is 9.09. The maximum Gasteiger partial charge on any atom is 0.336 e. The van der Waals surface area contributed by atoms with Gasteiger partial charge >= 0.3 is 5.97 Å². The van der Waals surface area contributed by atoms with Gasteiger partial charge in [0, 0.05) is 6.08 Å². The van der Waals surface area contributed by atoms with Crippen LogP contribution in [0, 0.1) is 6.92 Å². The molecule has 0 bridgehead atoms. The second-order valence-electron chi connectivity index (χ2n) is 6.40. The van der Waals surface area contributed by atoms with E-state index in [0.29, 0.717) is 11.3 Å². The molecule has 7 heteroatoms. The molecule has 0 saturated carbocycles. The zero-order valence-corrected chi connectivity index (χ0v) is 17.0. The van der Waals surface area contributed by atoms with Gasteiger partial charge in [-0.1, -0.05) is 48.0 Å². The summed E-state index contributed by atoms with van der Waals surface area (Å²) in [6, 6.07) is 22.4. The fourth-order valence-corrected chi connectivity index (χ4v) is 3.23. The number of rotatable bonds is 7. The largest absolute Gasteiger partial charge is 0.423 e. The Labute approximate surface area is 175 Å². The predicted molar refractivity (Wildman–Crippen MR) is 117 cm³/mol. The first-order chi connectivity index (χ1) is 14.4. The van der Waals surface area contributed by atoms with Gasteiger partial charge in [0.1, 0.15) is 5.75 Å². The second-order valence-corrected chi connectivity index (χ2v) is 8.06. The number of hydrogen-bond donors (Lipinski definition) is 1. The standard InChI is InChI=1S/C23H20N2O4S/c1-18-7-14-22(15-8-18)30(27,28)25-24-17-20-9-12-21(13-10-20)29-23(26)16-11-19-5-3-2-4-6-19/h2-17,25H,1H3/b16-11+,24-17+. The summed E-state index contributed by atoms with van der Waals surface area (Å²) in [7, 11) is -3.73. The molecule has 0 atom stereocenters. The number of carbonyl (C=O) groups excluding carboxylic acids is 1. The minimum Gasteiger partial charge on any atom is -0.423 e. The normalized spacial score (nSPS) is 11.6. The number of hydrogen-bond acceptors (Lipinski definition) is 5. The molecule has 0 aliphatic carbocycles. The number of nitrogens with one attached hydrogen (secondary N) is 1. The minimum atomic E-state index is -3.73. The van der Waals surface area contributed by atoms with Crippen LogP contribution in [0.2, 0.25) is 0 Å². The second kappa shape index (κ2) is 9.67. The highest BCUT2D eigenvalue weighted by Crippen LogP contribution is 2.13. The smallest absolute Gasteiger partial charge is 0.336 e. The molecular weight excluding hydrogens is 400 g/mol. The van der Waals surface area contributed by atoms with Crippen LogP contribution in [0.3, 0.4) is 0 Å². The van der Waals surface area contributed by atoms with Crippen LogP contribution in [-0.2, 0) is 14.8 Å². The highest BCUT2D eigenvalue weighted by molar-refractivity contribution is 7.89. The van der Waals surface area contributed by atoms with Crippen LogP contribution < -0.4 is 9.57 Å². The average Bonchev–Trinajstić information content (AvgIpc) is 2.74. The molecule has 152 valence electrons. The number of nitrogens with zero attached hydrogens (tertiary/aromatic N) is 1. The molecule has 0 radical (unpaired) electrons. The number of carbonyl (C=O) groups is 1. The van der Waals surface area contributed by atoms with Crippen molar-refractivity contribution in [3.05, 3.63) is 102 Å². The van der Waals surface area contributed by atoms with E-state index in [-0.39, 0.29) is 4.90 Å². The van der Waals surface area contributed by atoms with E-state index in [1.165, 1.54) is 24.4 Å². The fourth-order valence-electron chi connectivity index (χ4n) is 2.44. The number of ether oxygens (including phenoxy) is 1. The first kappa shape index (κ1) is 21.0. The number of aryl methyl sites for hydroxylation is 1. The maximum atomic E-state index is 12.2. The molecule has 3 aromatic rings. The molecule has 0 fully saturated rings. The van der Waals surface area contributed by atoms with Crippen molar-refractivity contribution >= 4 is 28.3 Å². The molecule has 0 spiro atoms. The van der Waals surface area contributed by atoms with Crippen molar-refractivity contribution in [2.75, 3.05) is 0 Å². The van der Waals surface area contributed by atoms with Gasteiger partial charge in [-0.3, -0.25) is 0 Å². The highest BCUT2D eigenvalue weighted by atomic mass is 32.2. The Morgan fingerprint density at radius 1 is 0.900 bits per heavy atom. The molecule has 3 rings (SSSR count). The third-order valence-corrected chi connectivity index (χ3v) is 5.27. The first-order valence-corrected chi connectivity index (χ1v) is 10.6.